The lowest BCUT2D eigenvalue weighted by molar-refractivity contribution is -0.140. The third-order valence-electron chi connectivity index (χ3n) is 7.86. The molecule has 9 nitrogen and oxygen atoms in total. The molecule has 0 spiro atoms. The van der Waals surface area contributed by atoms with Crippen LogP contribution in [0.3, 0.4) is 0 Å². The maximum absolute atomic E-state index is 14.3. The van der Waals surface area contributed by atoms with Crippen LogP contribution in [0.2, 0.25) is 5.02 Å². The van der Waals surface area contributed by atoms with Gasteiger partial charge in [-0.05, 0) is 42.2 Å². The molecule has 1 saturated carbocycles. The summed E-state index contributed by atoms with van der Waals surface area (Å²) < 4.78 is 37.9. The molecule has 0 aromatic heterocycles. The predicted molar refractivity (Wildman–Crippen MR) is 173 cm³/mol. The third-order valence-corrected chi connectivity index (χ3v) is 9.36. The molecule has 0 unspecified atom stereocenters. The lowest BCUT2D eigenvalue weighted by atomic mass is 9.94. The maximum atomic E-state index is 14.3. The summed E-state index contributed by atoms with van der Waals surface area (Å²) in [4.78, 5) is 29.8. The van der Waals surface area contributed by atoms with E-state index in [1.165, 1.54) is 25.2 Å². The number of hydrogen-bond donors (Lipinski definition) is 1. The van der Waals surface area contributed by atoms with Gasteiger partial charge in [0, 0.05) is 30.1 Å². The molecule has 11 heteroatoms. The van der Waals surface area contributed by atoms with Crippen LogP contribution in [0, 0.1) is 0 Å². The highest BCUT2D eigenvalue weighted by Crippen LogP contribution is 2.33. The molecule has 4 rings (SSSR count). The first kappa shape index (κ1) is 33.1. The maximum Gasteiger partial charge on any atom is 0.244 e. The normalized spacial score (nSPS) is 14.4. The van der Waals surface area contributed by atoms with Crippen LogP contribution in [0.5, 0.6) is 11.5 Å². The van der Waals surface area contributed by atoms with E-state index in [2.05, 4.69) is 5.32 Å². The first-order valence-electron chi connectivity index (χ1n) is 14.7. The Hall–Kier alpha value is -3.76. The van der Waals surface area contributed by atoms with Gasteiger partial charge in [-0.25, -0.2) is 8.42 Å². The SMILES string of the molecule is COc1ccc(N(CC(=O)N(Cc2ccccc2Cl)[C@@H](Cc2ccccc2)C(=O)NC2CCCCC2)S(C)(=O)=O)cc1OC. The van der Waals surface area contributed by atoms with E-state index in [9.17, 15) is 18.0 Å². The lowest BCUT2D eigenvalue weighted by Crippen LogP contribution is -2.55. The van der Waals surface area contributed by atoms with E-state index in [-0.39, 0.29) is 30.6 Å². The minimum absolute atomic E-state index is 0.0115. The largest absolute Gasteiger partial charge is 0.493 e. The van der Waals surface area contributed by atoms with Crippen molar-refractivity contribution in [1.82, 2.24) is 10.2 Å². The summed E-state index contributed by atoms with van der Waals surface area (Å²) in [5, 5.41) is 3.63. The summed E-state index contributed by atoms with van der Waals surface area (Å²) in [5.74, 6) is -0.102. The predicted octanol–water partition coefficient (Wildman–Crippen LogP) is 5.21. The molecule has 0 radical (unpaired) electrons. The molecule has 0 aliphatic heterocycles. The monoisotopic (exact) mass is 641 g/mol. The highest BCUT2D eigenvalue weighted by molar-refractivity contribution is 7.92. The fourth-order valence-electron chi connectivity index (χ4n) is 5.50. The summed E-state index contributed by atoms with van der Waals surface area (Å²) in [6.45, 7) is -0.529. The van der Waals surface area contributed by atoms with Crippen molar-refractivity contribution in [3.05, 3.63) is 88.9 Å². The van der Waals surface area contributed by atoms with Crippen LogP contribution in [0.1, 0.15) is 43.2 Å². The van der Waals surface area contributed by atoms with Gasteiger partial charge < -0.3 is 19.7 Å². The molecule has 1 fully saturated rings. The second-order valence-corrected chi connectivity index (χ2v) is 13.3. The fourth-order valence-corrected chi connectivity index (χ4v) is 6.54. The number of sulfonamides is 1. The molecule has 2 amide bonds. The van der Waals surface area contributed by atoms with Gasteiger partial charge in [0.15, 0.2) is 11.5 Å². The van der Waals surface area contributed by atoms with Crippen molar-refractivity contribution in [2.75, 3.05) is 31.3 Å². The Morgan fingerprint density at radius 1 is 0.932 bits per heavy atom. The van der Waals surface area contributed by atoms with Crippen LogP contribution in [0.25, 0.3) is 0 Å². The number of nitrogens with zero attached hydrogens (tertiary/aromatic N) is 2. The second kappa shape index (κ2) is 15.3. The molecule has 1 N–H and O–H groups in total. The highest BCUT2D eigenvalue weighted by Gasteiger charge is 2.34. The van der Waals surface area contributed by atoms with Crippen molar-refractivity contribution in [2.45, 2.75) is 57.2 Å². The first-order chi connectivity index (χ1) is 21.1. The van der Waals surface area contributed by atoms with Crippen molar-refractivity contribution in [1.29, 1.82) is 0 Å². The van der Waals surface area contributed by atoms with Crippen LogP contribution < -0.4 is 19.1 Å². The van der Waals surface area contributed by atoms with Crippen LogP contribution in [-0.4, -0.2) is 64.2 Å². The average Bonchev–Trinajstić information content (AvgIpc) is 3.02. The van der Waals surface area contributed by atoms with E-state index < -0.39 is 28.5 Å². The Kier molecular flexibility index (Phi) is 11.5. The molecule has 0 heterocycles. The Morgan fingerprint density at radius 3 is 2.23 bits per heavy atom. The topological polar surface area (TPSA) is 105 Å². The van der Waals surface area contributed by atoms with Gasteiger partial charge in [-0.3, -0.25) is 13.9 Å². The minimum atomic E-state index is -3.94. The number of benzene rings is 3. The van der Waals surface area contributed by atoms with Crippen molar-refractivity contribution in [3.8, 4) is 11.5 Å². The summed E-state index contributed by atoms with van der Waals surface area (Å²) in [6.07, 6.45) is 6.23. The van der Waals surface area contributed by atoms with Gasteiger partial charge in [0.1, 0.15) is 12.6 Å². The summed E-state index contributed by atoms with van der Waals surface area (Å²) in [5.41, 5.74) is 1.73. The quantitative estimate of drug-likeness (QED) is 0.275. The number of nitrogens with one attached hydrogen (secondary N) is 1. The molecule has 1 atom stereocenters. The smallest absolute Gasteiger partial charge is 0.244 e. The van der Waals surface area contributed by atoms with Gasteiger partial charge in [-0.2, -0.15) is 0 Å². The zero-order valence-electron chi connectivity index (χ0n) is 25.4. The summed E-state index contributed by atoms with van der Waals surface area (Å²) in [7, 11) is -1.01. The van der Waals surface area contributed by atoms with Gasteiger partial charge >= 0.3 is 0 Å². The van der Waals surface area contributed by atoms with E-state index in [0.29, 0.717) is 22.1 Å². The Morgan fingerprint density at radius 2 is 1.59 bits per heavy atom. The van der Waals surface area contributed by atoms with Gasteiger partial charge in [-0.1, -0.05) is 79.4 Å². The molecule has 3 aromatic rings. The fraction of sp³-hybridized carbons (Fsp3) is 0.394. The Balaban J connectivity index is 1.74. The minimum Gasteiger partial charge on any atom is -0.493 e. The molecule has 236 valence electrons. The number of hydrogen-bond acceptors (Lipinski definition) is 6. The number of ether oxygens (including phenoxy) is 2. The van der Waals surface area contributed by atoms with Gasteiger partial charge in [0.25, 0.3) is 0 Å². The highest BCUT2D eigenvalue weighted by atomic mass is 35.5. The van der Waals surface area contributed by atoms with Crippen molar-refractivity contribution in [3.63, 3.8) is 0 Å². The number of amides is 2. The Labute approximate surface area is 265 Å². The molecule has 0 bridgehead atoms. The zero-order chi connectivity index (χ0) is 31.7. The van der Waals surface area contributed by atoms with Crippen molar-refractivity contribution >= 4 is 39.1 Å². The number of anilines is 1. The van der Waals surface area contributed by atoms with Gasteiger partial charge in [0.05, 0.1) is 26.2 Å². The number of methoxy groups -OCH3 is 2. The molecule has 1 aliphatic carbocycles. The second-order valence-electron chi connectivity index (χ2n) is 11.0. The molecule has 1 aliphatic rings. The van der Waals surface area contributed by atoms with Gasteiger partial charge in [0.2, 0.25) is 21.8 Å². The Bertz CT molecular complexity index is 1530. The van der Waals surface area contributed by atoms with Crippen LogP contribution in [0.15, 0.2) is 72.8 Å². The summed E-state index contributed by atoms with van der Waals surface area (Å²) in [6, 6.07) is 20.3. The van der Waals surface area contributed by atoms with Crippen LogP contribution >= 0.6 is 11.6 Å². The number of carbonyl (C=O) groups is 2. The molecular weight excluding hydrogens is 602 g/mol. The van der Waals surface area contributed by atoms with Crippen molar-refractivity contribution < 1.29 is 27.5 Å². The number of carbonyl (C=O) groups excluding carboxylic acids is 2. The number of halogens is 1. The van der Waals surface area contributed by atoms with Crippen molar-refractivity contribution in [2.24, 2.45) is 0 Å². The molecule has 0 saturated heterocycles. The van der Waals surface area contributed by atoms with Crippen LogP contribution in [0.4, 0.5) is 5.69 Å². The first-order valence-corrected chi connectivity index (χ1v) is 16.9. The third kappa shape index (κ3) is 8.66. The zero-order valence-corrected chi connectivity index (χ0v) is 26.9. The standard InChI is InChI=1S/C33H40ClN3O6S/c1-42-30-19-18-27(21-31(30)43-2)37(44(3,40)41)23-32(38)36(22-25-14-10-11-17-28(25)34)29(20-24-12-6-4-7-13-24)33(39)35-26-15-8-5-9-16-26/h4,6-7,10-14,17-19,21,26,29H,5,8-9,15-16,20,22-23H2,1-3H3,(H,35,39)/t29-/m0/s1. The van der Waals surface area contributed by atoms with Crippen LogP contribution in [-0.2, 0) is 32.6 Å². The molecule has 3 aromatic carbocycles. The number of rotatable bonds is 13. The molecular formula is C33H40ClN3O6S. The lowest BCUT2D eigenvalue weighted by Gasteiger charge is -2.35. The molecule has 44 heavy (non-hydrogen) atoms. The van der Waals surface area contributed by atoms with E-state index >= 15 is 0 Å². The van der Waals surface area contributed by atoms with Gasteiger partial charge in [-0.15, -0.1) is 0 Å². The van der Waals surface area contributed by atoms with E-state index in [0.717, 1.165) is 48.2 Å². The van der Waals surface area contributed by atoms with E-state index in [1.54, 1.807) is 30.3 Å². The summed E-state index contributed by atoms with van der Waals surface area (Å²) >= 11 is 6.54. The van der Waals surface area contributed by atoms with E-state index in [4.69, 9.17) is 21.1 Å². The average molecular weight is 642 g/mol. The van der Waals surface area contributed by atoms with E-state index in [1.807, 2.05) is 36.4 Å².